The summed E-state index contributed by atoms with van der Waals surface area (Å²) in [5.74, 6) is 0. The summed E-state index contributed by atoms with van der Waals surface area (Å²) in [6.45, 7) is 3.92. The van der Waals surface area contributed by atoms with Gasteiger partial charge in [0.1, 0.15) is 0 Å². The molecule has 0 amide bonds. The third kappa shape index (κ3) is 2.29. The van der Waals surface area contributed by atoms with Gasteiger partial charge in [-0.2, -0.15) is 0 Å². The molecule has 0 spiro atoms. The van der Waals surface area contributed by atoms with Gasteiger partial charge >= 0.3 is 0 Å². The van der Waals surface area contributed by atoms with Crippen LogP contribution in [0.4, 0.5) is 5.69 Å². The minimum Gasteiger partial charge on any atom is -0.298 e. The standard InChI is InChI=1S/C11H12BrNO/c1-3-8-5-9(7-14)10(12)6-11(8)13-4-2/h4-7H,3H2,1-2H3/b13-4-. The zero-order chi connectivity index (χ0) is 10.6. The number of rotatable bonds is 3. The van der Waals surface area contributed by atoms with Crippen molar-refractivity contribution in [3.05, 3.63) is 27.7 Å². The monoisotopic (exact) mass is 253 g/mol. The summed E-state index contributed by atoms with van der Waals surface area (Å²) >= 11 is 3.34. The van der Waals surface area contributed by atoms with Crippen molar-refractivity contribution in [1.82, 2.24) is 0 Å². The number of nitrogens with zero attached hydrogens (tertiary/aromatic N) is 1. The van der Waals surface area contributed by atoms with Crippen molar-refractivity contribution < 1.29 is 4.79 Å². The van der Waals surface area contributed by atoms with E-state index in [0.29, 0.717) is 5.56 Å². The van der Waals surface area contributed by atoms with E-state index in [1.807, 2.05) is 26.0 Å². The smallest absolute Gasteiger partial charge is 0.151 e. The molecule has 74 valence electrons. The zero-order valence-corrected chi connectivity index (χ0v) is 9.84. The lowest BCUT2D eigenvalue weighted by Crippen LogP contribution is -1.88. The Balaban J connectivity index is 3.30. The Morgan fingerprint density at radius 3 is 2.71 bits per heavy atom. The highest BCUT2D eigenvalue weighted by Gasteiger charge is 2.05. The molecule has 3 heteroatoms. The van der Waals surface area contributed by atoms with Crippen molar-refractivity contribution in [2.24, 2.45) is 4.99 Å². The maximum Gasteiger partial charge on any atom is 0.151 e. The number of carbonyl (C=O) groups excluding carboxylic acids is 1. The van der Waals surface area contributed by atoms with Crippen LogP contribution in [-0.4, -0.2) is 12.5 Å². The normalized spacial score (nSPS) is 10.8. The van der Waals surface area contributed by atoms with E-state index in [0.717, 1.165) is 28.4 Å². The fourth-order valence-electron chi connectivity index (χ4n) is 1.26. The average Bonchev–Trinajstić information content (AvgIpc) is 2.19. The van der Waals surface area contributed by atoms with E-state index < -0.39 is 0 Å². The Kier molecular flexibility index (Phi) is 4.01. The van der Waals surface area contributed by atoms with Crippen molar-refractivity contribution in [1.29, 1.82) is 0 Å². The van der Waals surface area contributed by atoms with Crippen LogP contribution in [0.5, 0.6) is 0 Å². The van der Waals surface area contributed by atoms with Gasteiger partial charge in [-0.3, -0.25) is 9.79 Å². The molecule has 0 saturated heterocycles. The molecule has 0 heterocycles. The summed E-state index contributed by atoms with van der Waals surface area (Å²) in [7, 11) is 0. The number of hydrogen-bond donors (Lipinski definition) is 0. The predicted molar refractivity (Wildman–Crippen MR) is 62.7 cm³/mol. The van der Waals surface area contributed by atoms with E-state index in [4.69, 9.17) is 0 Å². The molecule has 0 radical (unpaired) electrons. The predicted octanol–water partition coefficient (Wildman–Crippen LogP) is 3.55. The zero-order valence-electron chi connectivity index (χ0n) is 8.25. The van der Waals surface area contributed by atoms with E-state index in [9.17, 15) is 4.79 Å². The molecule has 0 fully saturated rings. The number of aryl methyl sites for hydroxylation is 1. The molecule has 0 N–H and O–H groups in total. The van der Waals surface area contributed by atoms with Gasteiger partial charge in [0.05, 0.1) is 5.69 Å². The molecule has 0 aliphatic rings. The molecule has 0 saturated carbocycles. The fraction of sp³-hybridized carbons (Fsp3) is 0.273. The SMILES string of the molecule is C/C=N\c1cc(Br)c(C=O)cc1CC. The first kappa shape index (κ1) is 11.1. The lowest BCUT2D eigenvalue weighted by atomic mass is 10.1. The van der Waals surface area contributed by atoms with Gasteiger partial charge in [-0.05, 0) is 47.0 Å². The van der Waals surface area contributed by atoms with Crippen LogP contribution in [-0.2, 0) is 6.42 Å². The molecule has 0 bridgehead atoms. The van der Waals surface area contributed by atoms with Gasteiger partial charge < -0.3 is 0 Å². The molecule has 2 nitrogen and oxygen atoms in total. The van der Waals surface area contributed by atoms with E-state index in [1.165, 1.54) is 0 Å². The maximum atomic E-state index is 10.7. The summed E-state index contributed by atoms with van der Waals surface area (Å²) in [4.78, 5) is 14.9. The largest absolute Gasteiger partial charge is 0.298 e. The molecule has 0 aliphatic heterocycles. The van der Waals surface area contributed by atoms with Crippen molar-refractivity contribution >= 4 is 34.1 Å². The number of hydrogen-bond acceptors (Lipinski definition) is 2. The molecular formula is C11H12BrNO. The lowest BCUT2D eigenvalue weighted by molar-refractivity contribution is 0.112. The van der Waals surface area contributed by atoms with Crippen LogP contribution in [0, 0.1) is 0 Å². The van der Waals surface area contributed by atoms with E-state index in [-0.39, 0.29) is 0 Å². The van der Waals surface area contributed by atoms with Gasteiger partial charge in [0.15, 0.2) is 6.29 Å². The number of carbonyl (C=O) groups is 1. The molecular weight excluding hydrogens is 242 g/mol. The van der Waals surface area contributed by atoms with Crippen molar-refractivity contribution in [3.8, 4) is 0 Å². The first-order chi connectivity index (χ1) is 6.72. The Morgan fingerprint density at radius 1 is 1.50 bits per heavy atom. The third-order valence-corrected chi connectivity index (χ3v) is 2.66. The lowest BCUT2D eigenvalue weighted by Gasteiger charge is -2.05. The first-order valence-electron chi connectivity index (χ1n) is 4.49. The minimum atomic E-state index is 0.678. The van der Waals surface area contributed by atoms with E-state index in [2.05, 4.69) is 20.9 Å². The Labute approximate surface area is 92.2 Å². The minimum absolute atomic E-state index is 0.678. The molecule has 0 unspecified atom stereocenters. The van der Waals surface area contributed by atoms with E-state index >= 15 is 0 Å². The fourth-order valence-corrected chi connectivity index (χ4v) is 1.68. The summed E-state index contributed by atoms with van der Waals surface area (Å²) in [6, 6.07) is 3.75. The van der Waals surface area contributed by atoms with Gasteiger partial charge in [0, 0.05) is 16.3 Å². The number of aldehydes is 1. The van der Waals surface area contributed by atoms with Crippen molar-refractivity contribution in [2.45, 2.75) is 20.3 Å². The second-order valence-corrected chi connectivity index (χ2v) is 3.72. The maximum absolute atomic E-state index is 10.7. The number of benzene rings is 1. The second kappa shape index (κ2) is 5.05. The van der Waals surface area contributed by atoms with Crippen LogP contribution < -0.4 is 0 Å². The van der Waals surface area contributed by atoms with Gasteiger partial charge in [-0.15, -0.1) is 0 Å². The van der Waals surface area contributed by atoms with Crippen LogP contribution in [0.2, 0.25) is 0 Å². The van der Waals surface area contributed by atoms with Crippen molar-refractivity contribution in [3.63, 3.8) is 0 Å². The van der Waals surface area contributed by atoms with Gasteiger partial charge in [0.2, 0.25) is 0 Å². The highest BCUT2D eigenvalue weighted by molar-refractivity contribution is 9.10. The number of aliphatic imine (C=N–C) groups is 1. The average molecular weight is 254 g/mol. The molecule has 0 atom stereocenters. The van der Waals surface area contributed by atoms with Crippen LogP contribution in [0.1, 0.15) is 29.8 Å². The van der Waals surface area contributed by atoms with Gasteiger partial charge in [0.25, 0.3) is 0 Å². The topological polar surface area (TPSA) is 29.4 Å². The van der Waals surface area contributed by atoms with Crippen LogP contribution in [0.15, 0.2) is 21.6 Å². The highest BCUT2D eigenvalue weighted by Crippen LogP contribution is 2.27. The Morgan fingerprint density at radius 2 is 2.21 bits per heavy atom. The highest BCUT2D eigenvalue weighted by atomic mass is 79.9. The van der Waals surface area contributed by atoms with E-state index in [1.54, 1.807) is 6.21 Å². The summed E-state index contributed by atoms with van der Waals surface area (Å²) in [5.41, 5.74) is 2.69. The van der Waals surface area contributed by atoms with Crippen LogP contribution in [0.25, 0.3) is 0 Å². The van der Waals surface area contributed by atoms with Crippen molar-refractivity contribution in [2.75, 3.05) is 0 Å². The quantitative estimate of drug-likeness (QED) is 0.599. The summed E-state index contributed by atoms with van der Waals surface area (Å²) < 4.78 is 0.797. The number of halogens is 1. The van der Waals surface area contributed by atoms with Gasteiger partial charge in [-0.1, -0.05) is 6.92 Å². The van der Waals surface area contributed by atoms with Crippen LogP contribution >= 0.6 is 15.9 Å². The first-order valence-corrected chi connectivity index (χ1v) is 5.28. The molecule has 0 aliphatic carbocycles. The summed E-state index contributed by atoms with van der Waals surface area (Å²) in [6.07, 6.45) is 3.48. The Hall–Kier alpha value is -0.960. The Bertz CT molecular complexity index is 372. The second-order valence-electron chi connectivity index (χ2n) is 2.86. The molecule has 1 aromatic rings. The molecule has 1 aromatic carbocycles. The molecule has 1 rings (SSSR count). The van der Waals surface area contributed by atoms with Crippen LogP contribution in [0.3, 0.4) is 0 Å². The summed E-state index contributed by atoms with van der Waals surface area (Å²) in [5, 5.41) is 0. The van der Waals surface area contributed by atoms with Gasteiger partial charge in [-0.25, -0.2) is 0 Å². The molecule has 14 heavy (non-hydrogen) atoms. The molecule has 0 aromatic heterocycles. The third-order valence-electron chi connectivity index (χ3n) is 1.97.